The van der Waals surface area contributed by atoms with Crippen molar-refractivity contribution < 1.29 is 0 Å². The molecule has 13 heavy (non-hydrogen) atoms. The molecular weight excluding hydrogens is 187 g/mol. The molecule has 1 aromatic carbocycles. The van der Waals surface area contributed by atoms with E-state index in [1.807, 2.05) is 30.3 Å². The predicted molar refractivity (Wildman–Crippen MR) is 53.2 cm³/mol. The molecule has 1 heterocycles. The van der Waals surface area contributed by atoms with Gasteiger partial charge in [0.2, 0.25) is 0 Å². The van der Waals surface area contributed by atoms with Gasteiger partial charge in [-0.2, -0.15) is 0 Å². The normalized spacial score (nSPS) is 8.92. The van der Waals surface area contributed by atoms with Crippen LogP contribution in [0.2, 0.25) is 0 Å². The van der Waals surface area contributed by atoms with E-state index in [9.17, 15) is 0 Å². The Labute approximate surface area is 120 Å². The Morgan fingerprint density at radius 1 is 0.923 bits per heavy atom. The van der Waals surface area contributed by atoms with Gasteiger partial charge in [0.15, 0.2) is 0 Å². The van der Waals surface area contributed by atoms with Crippen LogP contribution in [0.5, 0.6) is 0 Å². The molecule has 2 rings (SSSR count). The van der Waals surface area contributed by atoms with Gasteiger partial charge in [0.25, 0.3) is 0 Å². The zero-order chi connectivity index (χ0) is 8.23. The number of aromatic nitrogens is 2. The van der Waals surface area contributed by atoms with E-state index >= 15 is 0 Å². The van der Waals surface area contributed by atoms with Crippen molar-refractivity contribution in [3.05, 3.63) is 48.9 Å². The van der Waals surface area contributed by atoms with Crippen LogP contribution in [0, 0.1) is 0 Å². The molecule has 2 aromatic rings. The maximum Gasteiger partial charge on any atom is 0.0885 e. The van der Waals surface area contributed by atoms with Crippen molar-refractivity contribution in [3.8, 4) is 11.3 Å². The standard InChI is InChI=1S/C10H8N2.K/c1-2-4-9(5-3-1)10-8-11-6-7-12-10;/h1-8H;. The summed E-state index contributed by atoms with van der Waals surface area (Å²) in [5.41, 5.74) is 2.02. The predicted octanol–water partition coefficient (Wildman–Crippen LogP) is 1.76. The molecule has 0 aliphatic heterocycles. The summed E-state index contributed by atoms with van der Waals surface area (Å²) in [6.45, 7) is 0. The first kappa shape index (κ1) is 11.0. The third-order valence-corrected chi connectivity index (χ3v) is 1.63. The Morgan fingerprint density at radius 2 is 1.69 bits per heavy atom. The van der Waals surface area contributed by atoms with Crippen LogP contribution in [0.1, 0.15) is 0 Å². The molecule has 0 amide bonds. The van der Waals surface area contributed by atoms with Crippen molar-refractivity contribution in [1.82, 2.24) is 9.97 Å². The number of nitrogens with zero attached hydrogens (tertiary/aromatic N) is 2. The molecule has 0 saturated heterocycles. The molecule has 0 saturated carbocycles. The van der Waals surface area contributed by atoms with Gasteiger partial charge < -0.3 is 0 Å². The molecule has 1 aromatic heterocycles. The van der Waals surface area contributed by atoms with Crippen molar-refractivity contribution in [2.75, 3.05) is 0 Å². The Balaban J connectivity index is 0.000000845. The number of hydrogen-bond donors (Lipinski definition) is 0. The van der Waals surface area contributed by atoms with Gasteiger partial charge in [0.1, 0.15) is 0 Å². The fourth-order valence-corrected chi connectivity index (χ4v) is 1.06. The first-order valence-corrected chi connectivity index (χ1v) is 3.78. The van der Waals surface area contributed by atoms with E-state index in [2.05, 4.69) is 9.97 Å². The minimum absolute atomic E-state index is 0. The molecule has 0 N–H and O–H groups in total. The van der Waals surface area contributed by atoms with Crippen LogP contribution >= 0.6 is 0 Å². The Hall–Kier alpha value is -0.0636. The molecule has 0 aliphatic rings. The van der Waals surface area contributed by atoms with Gasteiger partial charge in [0.05, 0.1) is 11.9 Å². The fraction of sp³-hybridized carbons (Fsp3) is 0. The van der Waals surface area contributed by atoms with Crippen LogP contribution in [0.25, 0.3) is 11.3 Å². The third-order valence-electron chi connectivity index (χ3n) is 1.63. The van der Waals surface area contributed by atoms with Crippen molar-refractivity contribution >= 4 is 51.4 Å². The smallest absolute Gasteiger partial charge is 0.0885 e. The summed E-state index contributed by atoms with van der Waals surface area (Å²) < 4.78 is 0. The zero-order valence-corrected chi connectivity index (χ0v) is 10.6. The molecule has 0 spiro atoms. The SMILES string of the molecule is [K].c1ccc(-c2cnccn2)cc1. The second kappa shape index (κ2) is 5.62. The minimum Gasteiger partial charge on any atom is -0.261 e. The fourth-order valence-electron chi connectivity index (χ4n) is 1.06. The summed E-state index contributed by atoms with van der Waals surface area (Å²) in [4.78, 5) is 8.19. The van der Waals surface area contributed by atoms with E-state index in [-0.39, 0.29) is 51.4 Å². The largest absolute Gasteiger partial charge is 0.261 e. The molecule has 0 bridgehead atoms. The van der Waals surface area contributed by atoms with E-state index in [0.29, 0.717) is 0 Å². The van der Waals surface area contributed by atoms with Gasteiger partial charge in [-0.3, -0.25) is 9.97 Å². The summed E-state index contributed by atoms with van der Waals surface area (Å²) >= 11 is 0. The van der Waals surface area contributed by atoms with E-state index in [0.717, 1.165) is 11.3 Å². The van der Waals surface area contributed by atoms with Crippen LogP contribution in [0.15, 0.2) is 48.9 Å². The Bertz CT molecular complexity index is 310. The summed E-state index contributed by atoms with van der Waals surface area (Å²) in [5.74, 6) is 0. The maximum atomic E-state index is 4.19. The molecule has 3 heteroatoms. The van der Waals surface area contributed by atoms with Crippen molar-refractivity contribution in [2.24, 2.45) is 0 Å². The number of hydrogen-bond acceptors (Lipinski definition) is 2. The van der Waals surface area contributed by atoms with Crippen molar-refractivity contribution in [2.45, 2.75) is 0 Å². The second-order valence-electron chi connectivity index (χ2n) is 2.46. The van der Waals surface area contributed by atoms with Gasteiger partial charge in [0, 0.05) is 69.3 Å². The molecule has 0 unspecified atom stereocenters. The summed E-state index contributed by atoms with van der Waals surface area (Å²) in [7, 11) is 0. The van der Waals surface area contributed by atoms with Crippen molar-refractivity contribution in [3.63, 3.8) is 0 Å². The molecule has 1 radical (unpaired) electrons. The minimum atomic E-state index is 0. The van der Waals surface area contributed by atoms with Gasteiger partial charge in [-0.1, -0.05) is 30.3 Å². The first-order chi connectivity index (χ1) is 5.97. The van der Waals surface area contributed by atoms with Crippen molar-refractivity contribution in [1.29, 1.82) is 0 Å². The Kier molecular flexibility index (Phi) is 4.76. The van der Waals surface area contributed by atoms with Crippen LogP contribution < -0.4 is 0 Å². The first-order valence-electron chi connectivity index (χ1n) is 3.78. The average molecular weight is 195 g/mol. The molecule has 2 nitrogen and oxygen atoms in total. The Morgan fingerprint density at radius 3 is 2.31 bits per heavy atom. The summed E-state index contributed by atoms with van der Waals surface area (Å²) in [6.07, 6.45) is 5.13. The van der Waals surface area contributed by atoms with E-state index < -0.39 is 0 Å². The van der Waals surface area contributed by atoms with E-state index in [1.54, 1.807) is 18.6 Å². The van der Waals surface area contributed by atoms with E-state index in [1.165, 1.54) is 0 Å². The molecule has 0 fully saturated rings. The zero-order valence-electron chi connectivity index (χ0n) is 7.51. The summed E-state index contributed by atoms with van der Waals surface area (Å²) in [6, 6.07) is 10.0. The van der Waals surface area contributed by atoms with Crippen LogP contribution in [0.4, 0.5) is 0 Å². The van der Waals surface area contributed by atoms with Crippen LogP contribution in [-0.4, -0.2) is 61.4 Å². The number of rotatable bonds is 1. The van der Waals surface area contributed by atoms with Gasteiger partial charge in [-0.05, 0) is 0 Å². The third kappa shape index (κ3) is 2.97. The van der Waals surface area contributed by atoms with Crippen LogP contribution in [-0.2, 0) is 0 Å². The van der Waals surface area contributed by atoms with Gasteiger partial charge >= 0.3 is 0 Å². The van der Waals surface area contributed by atoms with Gasteiger partial charge in [-0.15, -0.1) is 0 Å². The number of benzene rings is 1. The van der Waals surface area contributed by atoms with E-state index in [4.69, 9.17) is 0 Å². The van der Waals surface area contributed by atoms with Gasteiger partial charge in [-0.25, -0.2) is 0 Å². The second-order valence-corrected chi connectivity index (χ2v) is 2.46. The average Bonchev–Trinajstić information content (AvgIpc) is 2.21. The topological polar surface area (TPSA) is 25.8 Å². The maximum absolute atomic E-state index is 4.19. The molecule has 59 valence electrons. The monoisotopic (exact) mass is 195 g/mol. The molecular formula is C10H8KN2. The summed E-state index contributed by atoms with van der Waals surface area (Å²) in [5, 5.41) is 0. The molecule has 0 aliphatic carbocycles. The molecule has 0 atom stereocenters. The van der Waals surface area contributed by atoms with Crippen LogP contribution in [0.3, 0.4) is 0 Å². The quantitative estimate of drug-likeness (QED) is 0.648.